The maximum Gasteiger partial charge on any atom is 0.109 e. The van der Waals surface area contributed by atoms with Crippen molar-refractivity contribution < 1.29 is 5.11 Å². The summed E-state index contributed by atoms with van der Waals surface area (Å²) in [5.41, 5.74) is 0.910. The van der Waals surface area contributed by atoms with E-state index in [0.717, 1.165) is 17.1 Å². The van der Waals surface area contributed by atoms with Crippen LogP contribution in [0.1, 0.15) is 36.5 Å². The van der Waals surface area contributed by atoms with E-state index in [4.69, 9.17) is 5.11 Å². The van der Waals surface area contributed by atoms with E-state index >= 15 is 0 Å². The average Bonchev–Trinajstić information content (AvgIpc) is 3.08. The Morgan fingerprint density at radius 1 is 1.53 bits per heavy atom. The number of aryl methyl sites for hydroxylation is 1. The first kappa shape index (κ1) is 14.1. The third-order valence-electron chi connectivity index (χ3n) is 2.82. The second-order valence-electron chi connectivity index (χ2n) is 4.26. The van der Waals surface area contributed by atoms with Gasteiger partial charge in [0.1, 0.15) is 5.01 Å². The van der Waals surface area contributed by atoms with Crippen LogP contribution in [0.4, 0.5) is 0 Å². The summed E-state index contributed by atoms with van der Waals surface area (Å²) in [4.78, 5) is 4.33. The number of aliphatic hydroxyl groups is 1. The first-order chi connectivity index (χ1) is 9.33. The zero-order valence-electron chi connectivity index (χ0n) is 11.0. The molecule has 0 radical (unpaired) electrons. The number of nitrogens with one attached hydrogen (secondary N) is 1. The van der Waals surface area contributed by atoms with Crippen LogP contribution in [0.5, 0.6) is 0 Å². The highest BCUT2D eigenvalue weighted by Crippen LogP contribution is 2.18. The zero-order valence-corrected chi connectivity index (χ0v) is 11.8. The quantitative estimate of drug-likeness (QED) is 0.764. The molecule has 2 aromatic heterocycles. The van der Waals surface area contributed by atoms with Gasteiger partial charge in [-0.25, -0.2) is 4.98 Å². The van der Waals surface area contributed by atoms with Crippen molar-refractivity contribution in [3.63, 3.8) is 0 Å². The molecule has 0 fully saturated rings. The highest BCUT2D eigenvalue weighted by Gasteiger charge is 2.11. The molecule has 19 heavy (non-hydrogen) atoms. The van der Waals surface area contributed by atoms with Gasteiger partial charge in [0, 0.05) is 37.5 Å². The van der Waals surface area contributed by atoms with Gasteiger partial charge in [-0.15, -0.1) is 16.4 Å². The Morgan fingerprint density at radius 2 is 2.42 bits per heavy atom. The van der Waals surface area contributed by atoms with Gasteiger partial charge in [0.05, 0.1) is 11.7 Å². The van der Waals surface area contributed by atoms with Crippen LogP contribution in [-0.2, 0) is 13.1 Å². The molecule has 6 nitrogen and oxygen atoms in total. The Hall–Kier alpha value is -1.31. The van der Waals surface area contributed by atoms with Gasteiger partial charge in [0.15, 0.2) is 0 Å². The van der Waals surface area contributed by atoms with Gasteiger partial charge in [0.2, 0.25) is 0 Å². The van der Waals surface area contributed by atoms with Crippen molar-refractivity contribution in [2.24, 2.45) is 0 Å². The van der Waals surface area contributed by atoms with Crippen LogP contribution in [0.15, 0.2) is 17.8 Å². The molecule has 0 saturated carbocycles. The van der Waals surface area contributed by atoms with Gasteiger partial charge in [-0.1, -0.05) is 12.1 Å². The van der Waals surface area contributed by atoms with E-state index < -0.39 is 0 Å². The number of aliphatic hydroxyl groups excluding tert-OH is 1. The van der Waals surface area contributed by atoms with Gasteiger partial charge >= 0.3 is 0 Å². The van der Waals surface area contributed by atoms with Gasteiger partial charge in [0.25, 0.3) is 0 Å². The highest BCUT2D eigenvalue weighted by molar-refractivity contribution is 7.09. The third kappa shape index (κ3) is 4.09. The second kappa shape index (κ2) is 7.32. The summed E-state index contributed by atoms with van der Waals surface area (Å²) in [7, 11) is 0. The first-order valence-electron chi connectivity index (χ1n) is 6.46. The lowest BCUT2D eigenvalue weighted by atomic mass is 10.2. The van der Waals surface area contributed by atoms with E-state index in [9.17, 15) is 0 Å². The van der Waals surface area contributed by atoms with Crippen LogP contribution in [0.2, 0.25) is 0 Å². The van der Waals surface area contributed by atoms with E-state index in [0.29, 0.717) is 19.5 Å². The molecular formula is C12H19N5OS. The number of rotatable bonds is 8. The van der Waals surface area contributed by atoms with E-state index in [1.54, 1.807) is 16.0 Å². The predicted molar refractivity (Wildman–Crippen MR) is 73.7 cm³/mol. The van der Waals surface area contributed by atoms with Crippen LogP contribution in [-0.4, -0.2) is 31.7 Å². The van der Waals surface area contributed by atoms with Gasteiger partial charge in [-0.3, -0.25) is 4.68 Å². The maximum absolute atomic E-state index is 8.77. The summed E-state index contributed by atoms with van der Waals surface area (Å²) in [6.07, 6.45) is 5.44. The Bertz CT molecular complexity index is 470. The molecule has 0 spiro atoms. The molecular weight excluding hydrogens is 262 g/mol. The Morgan fingerprint density at radius 3 is 3.11 bits per heavy atom. The molecule has 1 unspecified atom stereocenters. The Kier molecular flexibility index (Phi) is 5.44. The number of aromatic nitrogens is 4. The monoisotopic (exact) mass is 281 g/mol. The van der Waals surface area contributed by atoms with Crippen molar-refractivity contribution in [1.29, 1.82) is 0 Å². The summed E-state index contributed by atoms with van der Waals surface area (Å²) in [6.45, 7) is 3.69. The summed E-state index contributed by atoms with van der Waals surface area (Å²) in [5.74, 6) is 0. The molecule has 7 heteroatoms. The highest BCUT2D eigenvalue weighted by atomic mass is 32.1. The summed E-state index contributed by atoms with van der Waals surface area (Å²) in [5, 5.41) is 23.4. The molecule has 2 heterocycles. The molecule has 104 valence electrons. The smallest absolute Gasteiger partial charge is 0.109 e. The van der Waals surface area contributed by atoms with E-state index in [-0.39, 0.29) is 12.6 Å². The predicted octanol–water partition coefficient (Wildman–Crippen LogP) is 1.36. The minimum Gasteiger partial charge on any atom is -0.396 e. The lowest BCUT2D eigenvalue weighted by Gasteiger charge is -2.12. The number of thiazole rings is 1. The summed E-state index contributed by atoms with van der Waals surface area (Å²) in [6, 6.07) is 0.266. The van der Waals surface area contributed by atoms with E-state index in [2.05, 4.69) is 27.5 Å². The maximum atomic E-state index is 8.77. The third-order valence-corrected chi connectivity index (χ3v) is 3.71. The Balaban J connectivity index is 1.85. The van der Waals surface area contributed by atoms with Crippen LogP contribution in [0.3, 0.4) is 0 Å². The Labute approximate surface area is 116 Å². The van der Waals surface area contributed by atoms with Crippen molar-refractivity contribution in [2.45, 2.75) is 38.9 Å². The van der Waals surface area contributed by atoms with Gasteiger partial charge < -0.3 is 10.4 Å². The van der Waals surface area contributed by atoms with Crippen molar-refractivity contribution >= 4 is 11.3 Å². The van der Waals surface area contributed by atoms with Crippen LogP contribution in [0.25, 0.3) is 0 Å². The number of hydrogen-bond acceptors (Lipinski definition) is 6. The largest absolute Gasteiger partial charge is 0.396 e. The fourth-order valence-electron chi connectivity index (χ4n) is 1.80. The molecule has 1 atom stereocenters. The molecule has 2 N–H and O–H groups in total. The van der Waals surface area contributed by atoms with Crippen molar-refractivity contribution in [2.75, 3.05) is 6.61 Å². The van der Waals surface area contributed by atoms with Crippen molar-refractivity contribution in [3.05, 3.63) is 28.5 Å². The van der Waals surface area contributed by atoms with Crippen LogP contribution in [0, 0.1) is 0 Å². The first-order valence-corrected chi connectivity index (χ1v) is 7.34. The molecule has 2 rings (SSSR count). The molecule has 0 amide bonds. The van der Waals surface area contributed by atoms with Crippen LogP contribution < -0.4 is 5.32 Å². The lowest BCUT2D eigenvalue weighted by Crippen LogP contribution is -2.20. The topological polar surface area (TPSA) is 75.9 Å². The minimum atomic E-state index is 0.176. The zero-order chi connectivity index (χ0) is 13.5. The number of hydrogen-bond donors (Lipinski definition) is 2. The van der Waals surface area contributed by atoms with E-state index in [1.165, 1.54) is 0 Å². The van der Waals surface area contributed by atoms with E-state index in [1.807, 2.05) is 17.8 Å². The van der Waals surface area contributed by atoms with Crippen molar-refractivity contribution in [1.82, 2.24) is 25.3 Å². The summed E-state index contributed by atoms with van der Waals surface area (Å²) >= 11 is 1.66. The fourth-order valence-corrected chi connectivity index (χ4v) is 2.60. The SMILES string of the molecule is CCC(NCc1cn(CCCO)nn1)c1nccs1. The molecule has 0 aliphatic rings. The number of nitrogens with zero attached hydrogens (tertiary/aromatic N) is 4. The minimum absolute atomic E-state index is 0.176. The summed E-state index contributed by atoms with van der Waals surface area (Å²) < 4.78 is 1.76. The normalized spacial score (nSPS) is 12.7. The lowest BCUT2D eigenvalue weighted by molar-refractivity contribution is 0.276. The fraction of sp³-hybridized carbons (Fsp3) is 0.583. The molecule has 0 aliphatic carbocycles. The molecule has 0 bridgehead atoms. The molecule has 0 saturated heterocycles. The van der Waals surface area contributed by atoms with Crippen molar-refractivity contribution in [3.8, 4) is 0 Å². The van der Waals surface area contributed by atoms with Gasteiger partial charge in [-0.2, -0.15) is 0 Å². The standard InChI is InChI=1S/C12H19N5OS/c1-2-11(12-13-4-7-19-12)14-8-10-9-17(16-15-10)5-3-6-18/h4,7,9,11,14,18H,2-3,5-6,8H2,1H3. The molecule has 0 aromatic carbocycles. The molecule has 2 aromatic rings. The van der Waals surface area contributed by atoms with Crippen LogP contribution >= 0.6 is 11.3 Å². The average molecular weight is 281 g/mol. The second-order valence-corrected chi connectivity index (χ2v) is 5.19. The van der Waals surface area contributed by atoms with Gasteiger partial charge in [-0.05, 0) is 12.8 Å². The molecule has 0 aliphatic heterocycles.